The molecule has 2 rings (SSSR count). The topological polar surface area (TPSA) is 79.4 Å². The second kappa shape index (κ2) is 8.09. The molecule has 1 amide bonds. The molecule has 1 heterocycles. The number of carbonyl (C=O) groups is 1. The van der Waals surface area contributed by atoms with Crippen LogP contribution in [0.4, 0.5) is 11.6 Å². The summed E-state index contributed by atoms with van der Waals surface area (Å²) in [6.07, 6.45) is 2.99. The highest BCUT2D eigenvalue weighted by Gasteiger charge is 2.10. The summed E-state index contributed by atoms with van der Waals surface area (Å²) in [4.78, 5) is 22.6. The Morgan fingerprint density at radius 2 is 1.91 bits per heavy atom. The number of benzene rings is 1. The Bertz CT molecular complexity index is 643. The molecule has 122 valence electrons. The van der Waals surface area contributed by atoms with E-state index in [9.17, 15) is 4.79 Å². The van der Waals surface area contributed by atoms with E-state index in [2.05, 4.69) is 25.5 Å². The summed E-state index contributed by atoms with van der Waals surface area (Å²) >= 11 is 0. The third-order valence-corrected chi connectivity index (χ3v) is 3.11. The molecule has 7 nitrogen and oxygen atoms in total. The zero-order valence-corrected chi connectivity index (χ0v) is 13.5. The number of amides is 1. The average Bonchev–Trinajstić information content (AvgIpc) is 2.55. The lowest BCUT2D eigenvalue weighted by Gasteiger charge is -2.11. The van der Waals surface area contributed by atoms with Gasteiger partial charge in [0.1, 0.15) is 5.75 Å². The van der Waals surface area contributed by atoms with Gasteiger partial charge >= 0.3 is 0 Å². The summed E-state index contributed by atoms with van der Waals surface area (Å²) in [6.45, 7) is 1.61. The Morgan fingerprint density at radius 1 is 1.22 bits per heavy atom. The van der Waals surface area contributed by atoms with Crippen LogP contribution in [-0.2, 0) is 0 Å². The molecule has 0 aliphatic carbocycles. The van der Waals surface area contributed by atoms with E-state index in [1.807, 2.05) is 26.2 Å². The first-order chi connectivity index (χ1) is 11.1. The number of nitrogens with one attached hydrogen (secondary N) is 2. The first kappa shape index (κ1) is 16.7. The van der Waals surface area contributed by atoms with Gasteiger partial charge in [-0.15, -0.1) is 0 Å². The van der Waals surface area contributed by atoms with Crippen molar-refractivity contribution in [2.24, 2.45) is 0 Å². The predicted molar refractivity (Wildman–Crippen MR) is 90.0 cm³/mol. The monoisotopic (exact) mass is 315 g/mol. The van der Waals surface area contributed by atoms with Crippen molar-refractivity contribution in [2.45, 2.75) is 0 Å². The smallest absolute Gasteiger partial charge is 0.258 e. The van der Waals surface area contributed by atoms with Crippen molar-refractivity contribution in [2.75, 3.05) is 44.9 Å². The third-order valence-electron chi connectivity index (χ3n) is 3.11. The summed E-state index contributed by atoms with van der Waals surface area (Å²) in [5.74, 6) is 0.818. The van der Waals surface area contributed by atoms with Crippen LogP contribution >= 0.6 is 0 Å². The Labute approximate surface area is 135 Å². The van der Waals surface area contributed by atoms with Crippen molar-refractivity contribution in [3.63, 3.8) is 0 Å². The summed E-state index contributed by atoms with van der Waals surface area (Å²) < 4.78 is 5.20. The minimum absolute atomic E-state index is 0.283. The number of aromatic nitrogens is 2. The van der Waals surface area contributed by atoms with Gasteiger partial charge in [0.15, 0.2) is 0 Å². The van der Waals surface area contributed by atoms with E-state index in [4.69, 9.17) is 4.74 Å². The van der Waals surface area contributed by atoms with Crippen LogP contribution in [0.2, 0.25) is 0 Å². The van der Waals surface area contributed by atoms with Crippen LogP contribution in [0.25, 0.3) is 0 Å². The maximum atomic E-state index is 12.2. The summed E-state index contributed by atoms with van der Waals surface area (Å²) in [7, 11) is 5.55. The first-order valence-electron chi connectivity index (χ1n) is 7.25. The molecule has 0 fully saturated rings. The molecule has 2 N–H and O–H groups in total. The van der Waals surface area contributed by atoms with Gasteiger partial charge in [0.05, 0.1) is 18.4 Å². The van der Waals surface area contributed by atoms with Crippen LogP contribution in [0, 0.1) is 0 Å². The molecule has 1 aromatic carbocycles. The molecule has 0 saturated carbocycles. The molecule has 0 spiro atoms. The van der Waals surface area contributed by atoms with Crippen molar-refractivity contribution in [3.8, 4) is 5.75 Å². The van der Waals surface area contributed by atoms with Gasteiger partial charge in [-0.05, 0) is 26.2 Å². The maximum Gasteiger partial charge on any atom is 0.258 e. The lowest BCUT2D eigenvalue weighted by molar-refractivity contribution is 0.102. The van der Waals surface area contributed by atoms with Crippen LogP contribution in [0.5, 0.6) is 5.75 Å². The second-order valence-electron chi connectivity index (χ2n) is 5.18. The van der Waals surface area contributed by atoms with E-state index in [0.717, 1.165) is 13.1 Å². The minimum atomic E-state index is -0.283. The highest BCUT2D eigenvalue weighted by atomic mass is 16.5. The average molecular weight is 315 g/mol. The molecule has 23 heavy (non-hydrogen) atoms. The van der Waals surface area contributed by atoms with E-state index in [0.29, 0.717) is 22.9 Å². The molecule has 0 atom stereocenters. The van der Waals surface area contributed by atoms with Crippen molar-refractivity contribution in [3.05, 3.63) is 42.2 Å². The van der Waals surface area contributed by atoms with Gasteiger partial charge in [0, 0.05) is 25.5 Å². The van der Waals surface area contributed by atoms with Gasteiger partial charge in [0.25, 0.3) is 5.91 Å². The molecule has 0 unspecified atom stereocenters. The largest absolute Gasteiger partial charge is 0.495 e. The fraction of sp³-hybridized carbons (Fsp3) is 0.312. The maximum absolute atomic E-state index is 12.2. The Kier molecular flexibility index (Phi) is 5.87. The molecule has 0 bridgehead atoms. The number of carbonyl (C=O) groups excluding carboxylic acids is 1. The zero-order valence-electron chi connectivity index (χ0n) is 13.5. The Balaban J connectivity index is 1.97. The van der Waals surface area contributed by atoms with Crippen LogP contribution in [0.3, 0.4) is 0 Å². The molecule has 0 aliphatic rings. The predicted octanol–water partition coefficient (Wildman–Crippen LogP) is 1.71. The van der Waals surface area contributed by atoms with E-state index in [1.165, 1.54) is 12.4 Å². The molecule has 1 aromatic heterocycles. The van der Waals surface area contributed by atoms with Crippen LogP contribution in [0.15, 0.2) is 36.7 Å². The van der Waals surface area contributed by atoms with E-state index >= 15 is 0 Å². The van der Waals surface area contributed by atoms with Gasteiger partial charge in [-0.2, -0.15) is 0 Å². The van der Waals surface area contributed by atoms with Gasteiger partial charge < -0.3 is 20.3 Å². The molecule has 0 radical (unpaired) electrons. The van der Waals surface area contributed by atoms with E-state index < -0.39 is 0 Å². The molecule has 7 heteroatoms. The minimum Gasteiger partial charge on any atom is -0.495 e. The van der Waals surface area contributed by atoms with Gasteiger partial charge in [-0.25, -0.2) is 9.97 Å². The van der Waals surface area contributed by atoms with Crippen LogP contribution in [0.1, 0.15) is 10.4 Å². The SMILES string of the molecule is COc1ccccc1NC(=O)c1cnc(NCCN(C)C)nc1. The Hall–Kier alpha value is -2.67. The number of hydrogen-bond donors (Lipinski definition) is 2. The van der Waals surface area contributed by atoms with E-state index in [1.54, 1.807) is 19.2 Å². The lowest BCUT2D eigenvalue weighted by Crippen LogP contribution is -2.21. The number of para-hydroxylation sites is 2. The quantitative estimate of drug-likeness (QED) is 0.810. The molecular weight excluding hydrogens is 294 g/mol. The van der Waals surface area contributed by atoms with Crippen LogP contribution < -0.4 is 15.4 Å². The normalized spacial score (nSPS) is 10.4. The first-order valence-corrected chi connectivity index (χ1v) is 7.25. The summed E-state index contributed by atoms with van der Waals surface area (Å²) in [5, 5.41) is 5.88. The van der Waals surface area contributed by atoms with Gasteiger partial charge in [-0.3, -0.25) is 4.79 Å². The van der Waals surface area contributed by atoms with Gasteiger partial charge in [0.2, 0.25) is 5.95 Å². The van der Waals surface area contributed by atoms with E-state index in [-0.39, 0.29) is 5.91 Å². The Morgan fingerprint density at radius 3 is 2.57 bits per heavy atom. The van der Waals surface area contributed by atoms with Crippen molar-refractivity contribution in [1.82, 2.24) is 14.9 Å². The molecular formula is C16H21N5O2. The standard InChI is InChI=1S/C16H21N5O2/c1-21(2)9-8-17-16-18-10-12(11-19-16)15(22)20-13-6-4-5-7-14(13)23-3/h4-7,10-11H,8-9H2,1-3H3,(H,20,22)(H,17,18,19). The highest BCUT2D eigenvalue weighted by Crippen LogP contribution is 2.23. The number of rotatable bonds is 7. The van der Waals surface area contributed by atoms with Crippen molar-refractivity contribution < 1.29 is 9.53 Å². The molecule has 2 aromatic rings. The zero-order chi connectivity index (χ0) is 16.7. The number of hydrogen-bond acceptors (Lipinski definition) is 6. The summed E-state index contributed by atoms with van der Waals surface area (Å²) in [5.41, 5.74) is 0.988. The van der Waals surface area contributed by atoms with Crippen LogP contribution in [-0.4, -0.2) is 55.1 Å². The van der Waals surface area contributed by atoms with Crippen molar-refractivity contribution >= 4 is 17.5 Å². The van der Waals surface area contributed by atoms with Crippen molar-refractivity contribution in [1.29, 1.82) is 0 Å². The number of likely N-dealkylation sites (N-methyl/N-ethyl adjacent to an activating group) is 1. The molecule has 0 saturated heterocycles. The van der Waals surface area contributed by atoms with Gasteiger partial charge in [-0.1, -0.05) is 12.1 Å². The second-order valence-corrected chi connectivity index (χ2v) is 5.18. The summed E-state index contributed by atoms with van der Waals surface area (Å²) in [6, 6.07) is 7.22. The fourth-order valence-corrected chi connectivity index (χ4v) is 1.87. The number of anilines is 2. The lowest BCUT2D eigenvalue weighted by atomic mass is 10.2. The third kappa shape index (κ3) is 4.93. The fourth-order valence-electron chi connectivity index (χ4n) is 1.87. The highest BCUT2D eigenvalue weighted by molar-refractivity contribution is 6.04. The number of methoxy groups -OCH3 is 1. The number of ether oxygens (including phenoxy) is 1. The molecule has 0 aliphatic heterocycles. The number of nitrogens with zero attached hydrogens (tertiary/aromatic N) is 3.